The van der Waals surface area contributed by atoms with E-state index in [0.717, 1.165) is 34.4 Å². The lowest BCUT2D eigenvalue weighted by atomic mass is 10.3. The minimum atomic E-state index is -0.457. The molecule has 5 heteroatoms. The standard InChI is InChI=1S/C11H6BrF2NS/c12-7-1-4-11(15-6-7)16-10-5-8(13)2-3-9(10)14/h1-6H. The molecular weight excluding hydrogens is 296 g/mol. The van der Waals surface area contributed by atoms with Crippen LogP contribution in [-0.4, -0.2) is 4.98 Å². The van der Waals surface area contributed by atoms with Gasteiger partial charge < -0.3 is 0 Å². The van der Waals surface area contributed by atoms with Crippen LogP contribution in [0.3, 0.4) is 0 Å². The summed E-state index contributed by atoms with van der Waals surface area (Å²) in [7, 11) is 0. The van der Waals surface area contributed by atoms with Crippen molar-refractivity contribution in [2.45, 2.75) is 9.92 Å². The number of halogens is 3. The van der Waals surface area contributed by atoms with Crippen molar-refractivity contribution in [3.8, 4) is 0 Å². The van der Waals surface area contributed by atoms with Crippen molar-refractivity contribution in [2.24, 2.45) is 0 Å². The van der Waals surface area contributed by atoms with Crippen LogP contribution >= 0.6 is 27.7 Å². The molecule has 0 radical (unpaired) electrons. The van der Waals surface area contributed by atoms with Crippen LogP contribution in [0.25, 0.3) is 0 Å². The van der Waals surface area contributed by atoms with Crippen LogP contribution in [0.1, 0.15) is 0 Å². The molecule has 2 aromatic rings. The van der Waals surface area contributed by atoms with Gasteiger partial charge in [0.1, 0.15) is 16.7 Å². The minimum Gasteiger partial charge on any atom is -0.248 e. The zero-order valence-electron chi connectivity index (χ0n) is 7.95. The first-order valence-corrected chi connectivity index (χ1v) is 6.00. The van der Waals surface area contributed by atoms with E-state index in [9.17, 15) is 8.78 Å². The summed E-state index contributed by atoms with van der Waals surface area (Å²) in [4.78, 5) is 4.30. The highest BCUT2D eigenvalue weighted by atomic mass is 79.9. The molecular formula is C11H6BrF2NS. The third kappa shape index (κ3) is 2.80. The summed E-state index contributed by atoms with van der Waals surface area (Å²) in [5.74, 6) is -0.905. The molecule has 1 aromatic carbocycles. The maximum absolute atomic E-state index is 13.3. The van der Waals surface area contributed by atoms with Crippen LogP contribution < -0.4 is 0 Å². The third-order valence-corrected chi connectivity index (χ3v) is 3.26. The summed E-state index contributed by atoms with van der Waals surface area (Å²) in [6.07, 6.45) is 1.61. The van der Waals surface area contributed by atoms with Crippen molar-refractivity contribution >= 4 is 27.7 Å². The molecule has 0 spiro atoms. The van der Waals surface area contributed by atoms with E-state index in [0.29, 0.717) is 5.03 Å². The number of benzene rings is 1. The second-order valence-electron chi connectivity index (χ2n) is 2.99. The van der Waals surface area contributed by atoms with Crippen LogP contribution in [-0.2, 0) is 0 Å². The summed E-state index contributed by atoms with van der Waals surface area (Å²) in [5.41, 5.74) is 0. The van der Waals surface area contributed by atoms with Crippen molar-refractivity contribution in [1.82, 2.24) is 4.98 Å². The van der Waals surface area contributed by atoms with Gasteiger partial charge in [0.05, 0.1) is 4.90 Å². The van der Waals surface area contributed by atoms with Gasteiger partial charge in [0.25, 0.3) is 0 Å². The molecule has 1 nitrogen and oxygen atoms in total. The zero-order valence-corrected chi connectivity index (χ0v) is 10.4. The maximum Gasteiger partial charge on any atom is 0.137 e. The van der Waals surface area contributed by atoms with E-state index in [1.165, 1.54) is 0 Å². The molecule has 0 N–H and O–H groups in total. The number of rotatable bonds is 2. The Balaban J connectivity index is 2.26. The molecule has 82 valence electrons. The van der Waals surface area contributed by atoms with Gasteiger partial charge in [-0.2, -0.15) is 0 Å². The molecule has 0 fully saturated rings. The highest BCUT2D eigenvalue weighted by molar-refractivity contribution is 9.10. The van der Waals surface area contributed by atoms with E-state index in [1.807, 2.05) is 0 Å². The fourth-order valence-corrected chi connectivity index (χ4v) is 2.13. The van der Waals surface area contributed by atoms with Crippen LogP contribution in [0, 0.1) is 11.6 Å². The SMILES string of the molecule is Fc1ccc(F)c(Sc2ccc(Br)cn2)c1. The molecule has 0 aliphatic carbocycles. The Hall–Kier alpha value is -0.940. The van der Waals surface area contributed by atoms with Crippen LogP contribution in [0.15, 0.2) is 50.9 Å². The Bertz CT molecular complexity index is 502. The molecule has 0 unspecified atom stereocenters. The maximum atomic E-state index is 13.3. The fourth-order valence-electron chi connectivity index (χ4n) is 1.09. The predicted molar refractivity (Wildman–Crippen MR) is 62.4 cm³/mol. The summed E-state index contributed by atoms with van der Waals surface area (Å²) in [6, 6.07) is 6.89. The van der Waals surface area contributed by atoms with Gasteiger partial charge in [-0.3, -0.25) is 0 Å². The average Bonchev–Trinajstić information content (AvgIpc) is 2.27. The number of aromatic nitrogens is 1. The fraction of sp³-hybridized carbons (Fsp3) is 0. The molecule has 0 bridgehead atoms. The van der Waals surface area contributed by atoms with Crippen molar-refractivity contribution in [3.63, 3.8) is 0 Å². The molecule has 0 aliphatic rings. The van der Waals surface area contributed by atoms with E-state index < -0.39 is 11.6 Å². The van der Waals surface area contributed by atoms with Crippen molar-refractivity contribution < 1.29 is 8.78 Å². The largest absolute Gasteiger partial charge is 0.248 e. The topological polar surface area (TPSA) is 12.9 Å². The normalized spacial score (nSPS) is 10.4. The zero-order chi connectivity index (χ0) is 11.5. The molecule has 1 heterocycles. The lowest BCUT2D eigenvalue weighted by Gasteiger charge is -2.02. The predicted octanol–water partition coefficient (Wildman–Crippen LogP) is 4.27. The van der Waals surface area contributed by atoms with E-state index in [4.69, 9.17) is 0 Å². The van der Waals surface area contributed by atoms with Gasteiger partial charge in [-0.25, -0.2) is 13.8 Å². The quantitative estimate of drug-likeness (QED) is 0.821. The third-order valence-electron chi connectivity index (χ3n) is 1.81. The van der Waals surface area contributed by atoms with Gasteiger partial charge in [0, 0.05) is 10.7 Å². The average molecular weight is 302 g/mol. The first-order valence-electron chi connectivity index (χ1n) is 4.39. The molecule has 0 atom stereocenters. The number of hydrogen-bond acceptors (Lipinski definition) is 2. The summed E-state index contributed by atoms with van der Waals surface area (Å²) in [5, 5.41) is 0.618. The van der Waals surface area contributed by atoms with Crippen molar-refractivity contribution in [1.29, 1.82) is 0 Å². The van der Waals surface area contributed by atoms with E-state index in [2.05, 4.69) is 20.9 Å². The molecule has 0 aliphatic heterocycles. The van der Waals surface area contributed by atoms with Crippen LogP contribution in [0.5, 0.6) is 0 Å². The van der Waals surface area contributed by atoms with Gasteiger partial charge in [0.15, 0.2) is 0 Å². The molecule has 0 saturated carbocycles. The van der Waals surface area contributed by atoms with Crippen LogP contribution in [0.4, 0.5) is 8.78 Å². The Labute approximate surface area is 104 Å². The second kappa shape index (κ2) is 4.93. The highest BCUT2D eigenvalue weighted by Gasteiger charge is 2.06. The summed E-state index contributed by atoms with van der Waals surface area (Å²) >= 11 is 4.34. The number of pyridine rings is 1. The van der Waals surface area contributed by atoms with Crippen molar-refractivity contribution in [2.75, 3.05) is 0 Å². The Kier molecular flexibility index (Phi) is 3.56. The van der Waals surface area contributed by atoms with Crippen molar-refractivity contribution in [3.05, 3.63) is 52.6 Å². The van der Waals surface area contributed by atoms with Crippen LogP contribution in [0.2, 0.25) is 0 Å². The lowest BCUT2D eigenvalue weighted by molar-refractivity contribution is 0.577. The second-order valence-corrected chi connectivity index (χ2v) is 4.97. The Morgan fingerprint density at radius 2 is 1.94 bits per heavy atom. The number of nitrogens with zero attached hydrogens (tertiary/aromatic N) is 1. The van der Waals surface area contributed by atoms with Gasteiger partial charge in [-0.05, 0) is 46.3 Å². The molecule has 0 saturated heterocycles. The number of hydrogen-bond donors (Lipinski definition) is 0. The lowest BCUT2D eigenvalue weighted by Crippen LogP contribution is -1.85. The first kappa shape index (κ1) is 11.5. The van der Waals surface area contributed by atoms with E-state index in [1.54, 1.807) is 18.3 Å². The Morgan fingerprint density at radius 3 is 2.62 bits per heavy atom. The first-order chi connectivity index (χ1) is 7.65. The molecule has 1 aromatic heterocycles. The Morgan fingerprint density at radius 1 is 1.12 bits per heavy atom. The van der Waals surface area contributed by atoms with Gasteiger partial charge >= 0.3 is 0 Å². The smallest absolute Gasteiger partial charge is 0.137 e. The van der Waals surface area contributed by atoms with Gasteiger partial charge in [-0.15, -0.1) is 0 Å². The minimum absolute atomic E-state index is 0.231. The summed E-state index contributed by atoms with van der Waals surface area (Å²) < 4.78 is 27.1. The van der Waals surface area contributed by atoms with E-state index >= 15 is 0 Å². The summed E-state index contributed by atoms with van der Waals surface area (Å²) in [6.45, 7) is 0. The van der Waals surface area contributed by atoms with E-state index in [-0.39, 0.29) is 4.90 Å². The molecule has 2 rings (SSSR count). The highest BCUT2D eigenvalue weighted by Crippen LogP contribution is 2.29. The van der Waals surface area contributed by atoms with Gasteiger partial charge in [-0.1, -0.05) is 11.8 Å². The molecule has 16 heavy (non-hydrogen) atoms. The van der Waals surface area contributed by atoms with Gasteiger partial charge in [0.2, 0.25) is 0 Å². The molecule has 0 amide bonds. The monoisotopic (exact) mass is 301 g/mol.